The smallest absolute Gasteiger partial charge is 0.258 e. The second kappa shape index (κ2) is 5.96. The Morgan fingerprint density at radius 3 is 2.90 bits per heavy atom. The molecule has 1 atom stereocenters. The van der Waals surface area contributed by atoms with Crippen molar-refractivity contribution in [1.82, 2.24) is 15.0 Å². The Morgan fingerprint density at radius 2 is 2.30 bits per heavy atom. The van der Waals surface area contributed by atoms with Gasteiger partial charge in [0.1, 0.15) is 5.69 Å². The van der Waals surface area contributed by atoms with Gasteiger partial charge in [-0.1, -0.05) is 18.2 Å². The second-order valence-electron chi connectivity index (χ2n) is 4.26. The number of nitro groups is 1. The SMILES string of the molecule is CCC(Cl)c1cn(Cc2ccc([N+](=O)[O-])c(F)c2)nn1. The van der Waals surface area contributed by atoms with Gasteiger partial charge < -0.3 is 0 Å². The number of aromatic nitrogens is 3. The van der Waals surface area contributed by atoms with Gasteiger partial charge in [-0.15, -0.1) is 16.7 Å². The molecule has 0 amide bonds. The molecule has 2 rings (SSSR count). The molecule has 1 unspecified atom stereocenters. The number of nitrogens with zero attached hydrogens (tertiary/aromatic N) is 4. The summed E-state index contributed by atoms with van der Waals surface area (Å²) in [5.74, 6) is -0.864. The van der Waals surface area contributed by atoms with Gasteiger partial charge in [0.2, 0.25) is 5.82 Å². The summed E-state index contributed by atoms with van der Waals surface area (Å²) in [5, 5.41) is 18.1. The van der Waals surface area contributed by atoms with Gasteiger partial charge in [0.05, 0.1) is 23.0 Å². The molecule has 1 aromatic carbocycles. The quantitative estimate of drug-likeness (QED) is 0.483. The van der Waals surface area contributed by atoms with Gasteiger partial charge >= 0.3 is 5.69 Å². The van der Waals surface area contributed by atoms with Crippen molar-refractivity contribution in [2.45, 2.75) is 25.3 Å². The summed E-state index contributed by atoms with van der Waals surface area (Å²) < 4.78 is 15.0. The lowest BCUT2D eigenvalue weighted by Gasteiger charge is -2.02. The molecule has 8 heteroatoms. The molecule has 0 fully saturated rings. The third-order valence-corrected chi connectivity index (χ3v) is 3.32. The van der Waals surface area contributed by atoms with Gasteiger partial charge in [-0.05, 0) is 18.1 Å². The number of alkyl halides is 1. The zero-order valence-electron chi connectivity index (χ0n) is 10.7. The van der Waals surface area contributed by atoms with Crippen LogP contribution in [-0.4, -0.2) is 19.9 Å². The molecule has 0 aliphatic heterocycles. The Bertz CT molecular complexity index is 632. The lowest BCUT2D eigenvalue weighted by Crippen LogP contribution is -2.02. The zero-order valence-corrected chi connectivity index (χ0v) is 11.4. The molecule has 0 radical (unpaired) electrons. The van der Waals surface area contributed by atoms with Crippen molar-refractivity contribution < 1.29 is 9.31 Å². The van der Waals surface area contributed by atoms with Crippen LogP contribution >= 0.6 is 11.6 Å². The number of benzene rings is 1. The van der Waals surface area contributed by atoms with Gasteiger partial charge in [-0.2, -0.15) is 4.39 Å². The van der Waals surface area contributed by atoms with E-state index in [0.29, 0.717) is 11.3 Å². The first-order chi connectivity index (χ1) is 9.51. The molecule has 1 heterocycles. The molecule has 6 nitrogen and oxygen atoms in total. The molecule has 0 aliphatic rings. The topological polar surface area (TPSA) is 73.8 Å². The highest BCUT2D eigenvalue weighted by Gasteiger charge is 2.15. The first kappa shape index (κ1) is 14.4. The number of hydrogen-bond donors (Lipinski definition) is 0. The van der Waals surface area contributed by atoms with E-state index in [0.717, 1.165) is 18.6 Å². The van der Waals surface area contributed by atoms with Crippen LogP contribution in [0, 0.1) is 15.9 Å². The van der Waals surface area contributed by atoms with E-state index in [-0.39, 0.29) is 11.9 Å². The molecular formula is C12H12ClFN4O2. The number of hydrogen-bond acceptors (Lipinski definition) is 4. The van der Waals surface area contributed by atoms with E-state index in [1.165, 1.54) is 10.7 Å². The van der Waals surface area contributed by atoms with Crippen LogP contribution in [0.4, 0.5) is 10.1 Å². The third-order valence-electron chi connectivity index (χ3n) is 2.79. The molecular weight excluding hydrogens is 287 g/mol. The van der Waals surface area contributed by atoms with E-state index in [9.17, 15) is 14.5 Å². The minimum atomic E-state index is -0.864. The van der Waals surface area contributed by atoms with Crippen molar-refractivity contribution in [2.24, 2.45) is 0 Å². The predicted octanol–water partition coefficient (Wildman–Crippen LogP) is 3.06. The standard InChI is InChI=1S/C12H12ClFN4O2/c1-2-9(13)11-7-17(16-15-11)6-8-3-4-12(18(19)20)10(14)5-8/h3-5,7,9H,2,6H2,1H3. The van der Waals surface area contributed by atoms with Crippen LogP contribution in [0.1, 0.15) is 30.0 Å². The van der Waals surface area contributed by atoms with Gasteiger partial charge in [-0.25, -0.2) is 4.68 Å². The first-order valence-electron chi connectivity index (χ1n) is 5.98. The van der Waals surface area contributed by atoms with Crippen molar-refractivity contribution in [3.05, 3.63) is 51.6 Å². The predicted molar refractivity (Wildman–Crippen MR) is 71.1 cm³/mol. The lowest BCUT2D eigenvalue weighted by molar-refractivity contribution is -0.387. The van der Waals surface area contributed by atoms with Crippen molar-refractivity contribution >= 4 is 17.3 Å². The number of nitro benzene ring substituents is 1. The fourth-order valence-electron chi connectivity index (χ4n) is 1.73. The van der Waals surface area contributed by atoms with Crippen LogP contribution in [-0.2, 0) is 6.54 Å². The van der Waals surface area contributed by atoms with Gasteiger partial charge in [0.25, 0.3) is 0 Å². The van der Waals surface area contributed by atoms with Gasteiger partial charge in [0, 0.05) is 6.07 Å². The summed E-state index contributed by atoms with van der Waals surface area (Å²) in [6.45, 7) is 2.21. The lowest BCUT2D eigenvalue weighted by atomic mass is 10.2. The zero-order chi connectivity index (χ0) is 14.7. The highest BCUT2D eigenvalue weighted by molar-refractivity contribution is 6.20. The molecule has 0 bridgehead atoms. The Kier molecular flexibility index (Phi) is 4.29. The Hall–Kier alpha value is -2.02. The van der Waals surface area contributed by atoms with Crippen molar-refractivity contribution in [3.8, 4) is 0 Å². The van der Waals surface area contributed by atoms with Crippen LogP contribution in [0.25, 0.3) is 0 Å². The van der Waals surface area contributed by atoms with Crippen molar-refractivity contribution in [2.75, 3.05) is 0 Å². The van der Waals surface area contributed by atoms with Gasteiger partial charge in [0.15, 0.2) is 0 Å². The minimum Gasteiger partial charge on any atom is -0.258 e. The second-order valence-corrected chi connectivity index (χ2v) is 4.79. The molecule has 0 spiro atoms. The average Bonchev–Trinajstić information content (AvgIpc) is 2.86. The number of halogens is 2. The van der Waals surface area contributed by atoms with E-state index < -0.39 is 16.4 Å². The van der Waals surface area contributed by atoms with Gasteiger partial charge in [-0.3, -0.25) is 10.1 Å². The van der Waals surface area contributed by atoms with E-state index in [4.69, 9.17) is 11.6 Å². The van der Waals surface area contributed by atoms with E-state index in [2.05, 4.69) is 10.3 Å². The Balaban J connectivity index is 2.16. The van der Waals surface area contributed by atoms with Crippen LogP contribution in [0.3, 0.4) is 0 Å². The van der Waals surface area contributed by atoms with E-state index in [1.54, 1.807) is 6.20 Å². The fourth-order valence-corrected chi connectivity index (χ4v) is 1.83. The van der Waals surface area contributed by atoms with Crippen LogP contribution < -0.4 is 0 Å². The molecule has 0 aliphatic carbocycles. The molecule has 0 saturated heterocycles. The molecule has 2 aromatic rings. The van der Waals surface area contributed by atoms with Crippen molar-refractivity contribution in [3.63, 3.8) is 0 Å². The van der Waals surface area contributed by atoms with E-state index >= 15 is 0 Å². The molecule has 20 heavy (non-hydrogen) atoms. The average molecular weight is 299 g/mol. The minimum absolute atomic E-state index is 0.211. The summed E-state index contributed by atoms with van der Waals surface area (Å²) in [5.41, 5.74) is 0.670. The largest absolute Gasteiger partial charge is 0.304 e. The van der Waals surface area contributed by atoms with Crippen LogP contribution in [0.2, 0.25) is 0 Å². The maximum absolute atomic E-state index is 13.5. The highest BCUT2D eigenvalue weighted by Crippen LogP contribution is 2.22. The van der Waals surface area contributed by atoms with Crippen molar-refractivity contribution in [1.29, 1.82) is 0 Å². The summed E-state index contributed by atoms with van der Waals surface area (Å²) in [7, 11) is 0. The summed E-state index contributed by atoms with van der Waals surface area (Å²) >= 11 is 6.04. The molecule has 106 valence electrons. The molecule has 0 N–H and O–H groups in total. The normalized spacial score (nSPS) is 12.3. The molecule has 0 saturated carbocycles. The summed E-state index contributed by atoms with van der Waals surface area (Å²) in [6, 6.07) is 3.75. The molecule has 1 aromatic heterocycles. The number of rotatable bonds is 5. The first-order valence-corrected chi connectivity index (χ1v) is 6.41. The monoisotopic (exact) mass is 298 g/mol. The maximum atomic E-state index is 13.5. The Labute approximate surface area is 119 Å². The summed E-state index contributed by atoms with van der Waals surface area (Å²) in [4.78, 5) is 9.77. The summed E-state index contributed by atoms with van der Waals surface area (Å²) in [6.07, 6.45) is 2.41. The van der Waals surface area contributed by atoms with Crippen LogP contribution in [0.5, 0.6) is 0 Å². The maximum Gasteiger partial charge on any atom is 0.304 e. The fraction of sp³-hybridized carbons (Fsp3) is 0.333. The highest BCUT2D eigenvalue weighted by atomic mass is 35.5. The van der Waals surface area contributed by atoms with E-state index in [1.807, 2.05) is 6.92 Å². The van der Waals surface area contributed by atoms with Crippen LogP contribution in [0.15, 0.2) is 24.4 Å². The Morgan fingerprint density at radius 1 is 1.55 bits per heavy atom. The third kappa shape index (κ3) is 3.11.